The second-order valence-electron chi connectivity index (χ2n) is 6.57. The molecule has 8 nitrogen and oxygen atoms in total. The van der Waals surface area contributed by atoms with E-state index in [1.165, 1.54) is 18.2 Å². The highest BCUT2D eigenvalue weighted by Crippen LogP contribution is 2.31. The summed E-state index contributed by atoms with van der Waals surface area (Å²) in [6.45, 7) is 1.79. The number of rotatable bonds is 4. The fraction of sp³-hybridized carbons (Fsp3) is 0.0909. The summed E-state index contributed by atoms with van der Waals surface area (Å²) in [5.41, 5.74) is 1.47. The van der Waals surface area contributed by atoms with E-state index in [2.05, 4.69) is 0 Å². The first-order valence-electron chi connectivity index (χ1n) is 8.96. The number of benzene rings is 2. The third kappa shape index (κ3) is 3.70. The Kier molecular flexibility index (Phi) is 4.89. The minimum absolute atomic E-state index is 0.0710. The smallest absolute Gasteiger partial charge is 0.349 e. The van der Waals surface area contributed by atoms with Crippen LogP contribution in [0.2, 0.25) is 0 Å². The molecule has 30 heavy (non-hydrogen) atoms. The van der Waals surface area contributed by atoms with E-state index in [1.807, 2.05) is 0 Å². The van der Waals surface area contributed by atoms with Gasteiger partial charge in [-0.15, -0.1) is 0 Å². The van der Waals surface area contributed by atoms with Crippen LogP contribution in [-0.4, -0.2) is 16.9 Å². The number of esters is 2. The highest BCUT2D eigenvalue weighted by Gasteiger charge is 2.34. The summed E-state index contributed by atoms with van der Waals surface area (Å²) in [5.74, 6) is -1.09. The zero-order chi connectivity index (χ0) is 21.3. The van der Waals surface area contributed by atoms with E-state index >= 15 is 0 Å². The number of hydrogen-bond donors (Lipinski definition) is 0. The van der Waals surface area contributed by atoms with E-state index < -0.39 is 23.2 Å². The second kappa shape index (κ2) is 7.67. The monoisotopic (exact) mass is 405 g/mol. The number of ether oxygens (including phenoxy) is 2. The maximum absolute atomic E-state index is 12.3. The van der Waals surface area contributed by atoms with Gasteiger partial charge < -0.3 is 13.9 Å². The summed E-state index contributed by atoms with van der Waals surface area (Å²) >= 11 is 0. The molecule has 2 heterocycles. The van der Waals surface area contributed by atoms with E-state index in [-0.39, 0.29) is 17.0 Å². The molecule has 3 aromatic rings. The standard InChI is InChI=1S/C22H15NO7/c1-13-7-8-15(23(26)27)11-17(13)19-10-9-16(28-19)12-18-20(24)29-22(30-21(18)25)14-5-3-2-4-6-14/h2-12,22H,1H3. The fourth-order valence-corrected chi connectivity index (χ4v) is 3.00. The van der Waals surface area contributed by atoms with Gasteiger partial charge in [0.1, 0.15) is 17.1 Å². The maximum atomic E-state index is 12.3. The number of non-ortho nitro benzene ring substituents is 1. The predicted molar refractivity (Wildman–Crippen MR) is 105 cm³/mol. The molecule has 0 saturated carbocycles. The van der Waals surface area contributed by atoms with Crippen LogP contribution in [0.3, 0.4) is 0 Å². The number of carbonyl (C=O) groups excluding carboxylic acids is 2. The first kappa shape index (κ1) is 19.1. The summed E-state index contributed by atoms with van der Waals surface area (Å²) in [5, 5.41) is 11.0. The molecule has 1 aromatic heterocycles. The van der Waals surface area contributed by atoms with Crippen molar-refractivity contribution in [2.75, 3.05) is 0 Å². The Morgan fingerprint density at radius 1 is 0.967 bits per heavy atom. The van der Waals surface area contributed by atoms with Crippen LogP contribution in [0.5, 0.6) is 0 Å². The molecule has 0 bridgehead atoms. The second-order valence-corrected chi connectivity index (χ2v) is 6.57. The van der Waals surface area contributed by atoms with Gasteiger partial charge in [-0.25, -0.2) is 9.59 Å². The molecule has 1 aliphatic rings. The number of cyclic esters (lactones) is 2. The molecule has 0 amide bonds. The van der Waals surface area contributed by atoms with Crippen LogP contribution < -0.4 is 0 Å². The lowest BCUT2D eigenvalue weighted by atomic mass is 10.1. The Balaban J connectivity index is 1.59. The summed E-state index contributed by atoms with van der Waals surface area (Å²) in [6.07, 6.45) is 0.116. The molecule has 2 aromatic carbocycles. The third-order valence-electron chi connectivity index (χ3n) is 4.55. The minimum atomic E-state index is -1.11. The summed E-state index contributed by atoms with van der Waals surface area (Å²) < 4.78 is 16.1. The number of nitro benzene ring substituents is 1. The van der Waals surface area contributed by atoms with E-state index in [0.717, 1.165) is 5.56 Å². The average Bonchev–Trinajstić information content (AvgIpc) is 3.20. The lowest BCUT2D eigenvalue weighted by molar-refractivity contribution is -0.384. The lowest BCUT2D eigenvalue weighted by Crippen LogP contribution is -2.29. The highest BCUT2D eigenvalue weighted by molar-refractivity contribution is 6.18. The van der Waals surface area contributed by atoms with Crippen molar-refractivity contribution in [1.82, 2.24) is 0 Å². The molecule has 0 N–H and O–H groups in total. The van der Waals surface area contributed by atoms with Crippen molar-refractivity contribution in [3.63, 3.8) is 0 Å². The van der Waals surface area contributed by atoms with Crippen LogP contribution in [-0.2, 0) is 19.1 Å². The Hall–Kier alpha value is -4.20. The Morgan fingerprint density at radius 3 is 2.33 bits per heavy atom. The SMILES string of the molecule is Cc1ccc([N+](=O)[O-])cc1-c1ccc(C=C2C(=O)OC(c3ccccc3)OC2=O)o1. The molecule has 1 saturated heterocycles. The maximum Gasteiger partial charge on any atom is 0.349 e. The van der Waals surface area contributed by atoms with Crippen LogP contribution in [0, 0.1) is 17.0 Å². The molecule has 0 radical (unpaired) electrons. The van der Waals surface area contributed by atoms with Gasteiger partial charge in [-0.05, 0) is 24.6 Å². The zero-order valence-corrected chi connectivity index (χ0v) is 15.7. The van der Waals surface area contributed by atoms with Gasteiger partial charge in [0.05, 0.1) is 4.92 Å². The van der Waals surface area contributed by atoms with Crippen molar-refractivity contribution in [2.45, 2.75) is 13.2 Å². The van der Waals surface area contributed by atoms with Crippen molar-refractivity contribution < 1.29 is 28.4 Å². The summed E-state index contributed by atoms with van der Waals surface area (Å²) in [4.78, 5) is 35.2. The van der Waals surface area contributed by atoms with Crippen LogP contribution in [0.15, 0.2) is 70.7 Å². The predicted octanol–water partition coefficient (Wildman–Crippen LogP) is 4.35. The average molecular weight is 405 g/mol. The fourth-order valence-electron chi connectivity index (χ4n) is 3.00. The van der Waals surface area contributed by atoms with Crippen molar-refractivity contribution in [1.29, 1.82) is 0 Å². The summed E-state index contributed by atoms with van der Waals surface area (Å²) in [7, 11) is 0. The molecule has 1 aliphatic heterocycles. The highest BCUT2D eigenvalue weighted by atomic mass is 16.7. The largest absolute Gasteiger partial charge is 0.457 e. The van der Waals surface area contributed by atoms with Gasteiger partial charge in [-0.3, -0.25) is 10.1 Å². The van der Waals surface area contributed by atoms with Crippen molar-refractivity contribution in [3.8, 4) is 11.3 Å². The molecular formula is C22H15NO7. The van der Waals surface area contributed by atoms with Gasteiger partial charge in [0.2, 0.25) is 0 Å². The number of nitrogens with zero attached hydrogens (tertiary/aromatic N) is 1. The van der Waals surface area contributed by atoms with Crippen molar-refractivity contribution >= 4 is 23.7 Å². The van der Waals surface area contributed by atoms with Crippen LogP contribution in [0.4, 0.5) is 5.69 Å². The number of aryl methyl sites for hydroxylation is 1. The molecule has 4 rings (SSSR count). The van der Waals surface area contributed by atoms with Crippen LogP contribution in [0.1, 0.15) is 23.2 Å². The Morgan fingerprint density at radius 2 is 1.67 bits per heavy atom. The topological polar surface area (TPSA) is 109 Å². The van der Waals surface area contributed by atoms with E-state index in [1.54, 1.807) is 55.5 Å². The zero-order valence-electron chi connectivity index (χ0n) is 15.7. The molecule has 8 heteroatoms. The van der Waals surface area contributed by atoms with Crippen molar-refractivity contribution in [3.05, 3.63) is 93.2 Å². The third-order valence-corrected chi connectivity index (χ3v) is 4.55. The Bertz CT molecular complexity index is 1160. The van der Waals surface area contributed by atoms with Gasteiger partial charge in [-0.2, -0.15) is 0 Å². The summed E-state index contributed by atoms with van der Waals surface area (Å²) in [6, 6.07) is 16.2. The molecule has 0 unspecified atom stereocenters. The quantitative estimate of drug-likeness (QED) is 0.209. The minimum Gasteiger partial charge on any atom is -0.457 e. The molecule has 150 valence electrons. The molecular weight excluding hydrogens is 390 g/mol. The number of hydrogen-bond acceptors (Lipinski definition) is 7. The van der Waals surface area contributed by atoms with Crippen LogP contribution in [0.25, 0.3) is 17.4 Å². The Labute approximate surface area is 170 Å². The lowest BCUT2D eigenvalue weighted by Gasteiger charge is -2.23. The number of furan rings is 1. The van der Waals surface area contributed by atoms with E-state index in [9.17, 15) is 19.7 Å². The van der Waals surface area contributed by atoms with E-state index in [4.69, 9.17) is 13.9 Å². The van der Waals surface area contributed by atoms with Gasteiger partial charge in [0, 0.05) is 29.3 Å². The van der Waals surface area contributed by atoms with Gasteiger partial charge >= 0.3 is 11.9 Å². The van der Waals surface area contributed by atoms with Gasteiger partial charge in [-0.1, -0.05) is 36.4 Å². The first-order chi connectivity index (χ1) is 14.4. The number of nitro groups is 1. The molecule has 0 spiro atoms. The number of carbonyl (C=O) groups is 2. The van der Waals surface area contributed by atoms with Crippen LogP contribution >= 0.6 is 0 Å². The molecule has 0 aliphatic carbocycles. The van der Waals surface area contributed by atoms with Gasteiger partial charge in [0.25, 0.3) is 12.0 Å². The normalized spacial score (nSPS) is 16.0. The molecule has 1 fully saturated rings. The first-order valence-corrected chi connectivity index (χ1v) is 8.96. The van der Waals surface area contributed by atoms with E-state index in [0.29, 0.717) is 16.9 Å². The van der Waals surface area contributed by atoms with Gasteiger partial charge in [0.15, 0.2) is 0 Å². The molecule has 0 atom stereocenters. The van der Waals surface area contributed by atoms with Crippen molar-refractivity contribution in [2.24, 2.45) is 0 Å².